The number of hydrogen-bond donors (Lipinski definition) is 0. The first-order valence-electron chi connectivity index (χ1n) is 7.74. The Balaban J connectivity index is 2.22. The fourth-order valence-electron chi connectivity index (χ4n) is 3.70. The fourth-order valence-corrected chi connectivity index (χ4v) is 3.70. The minimum absolute atomic E-state index is 0.192. The number of benzene rings is 5. The average Bonchev–Trinajstić information content (AvgIpc) is 2.61. The van der Waals surface area contributed by atoms with Crippen LogP contribution in [0.3, 0.4) is 0 Å². The molecule has 0 aliphatic heterocycles. The van der Waals surface area contributed by atoms with Crippen molar-refractivity contribution in [2.45, 2.75) is 0 Å². The van der Waals surface area contributed by atoms with Crippen LogP contribution in [0, 0.1) is 5.82 Å². The highest BCUT2D eigenvalue weighted by molar-refractivity contribution is 6.31. The van der Waals surface area contributed by atoms with E-state index in [0.29, 0.717) is 0 Å². The van der Waals surface area contributed by atoms with Crippen molar-refractivity contribution in [1.29, 1.82) is 0 Å². The molecule has 0 atom stereocenters. The maximum absolute atomic E-state index is 13.9. The molecule has 0 fully saturated rings. The van der Waals surface area contributed by atoms with Crippen LogP contribution in [0.25, 0.3) is 43.1 Å². The molecule has 0 saturated heterocycles. The minimum Gasteiger partial charge on any atom is -0.207 e. The number of hydrogen-bond acceptors (Lipinski definition) is 0. The molecule has 0 unspecified atom stereocenters. The highest BCUT2D eigenvalue weighted by Crippen LogP contribution is 2.38. The van der Waals surface area contributed by atoms with Gasteiger partial charge in [-0.3, -0.25) is 0 Å². The Hall–Kier alpha value is -2.93. The molecule has 1 heteroatoms. The highest BCUT2D eigenvalue weighted by Gasteiger charge is 2.11. The first kappa shape index (κ1) is 12.6. The second kappa shape index (κ2) is 4.53. The molecule has 0 aliphatic rings. The first-order chi connectivity index (χ1) is 11.3. The smallest absolute Gasteiger partial charge is 0.123 e. The van der Waals surface area contributed by atoms with Crippen molar-refractivity contribution in [3.63, 3.8) is 0 Å². The van der Waals surface area contributed by atoms with Crippen LogP contribution in [0.5, 0.6) is 0 Å². The zero-order valence-corrected chi connectivity index (χ0v) is 12.4. The van der Waals surface area contributed by atoms with E-state index < -0.39 is 0 Å². The van der Waals surface area contributed by atoms with Gasteiger partial charge in [-0.25, -0.2) is 4.39 Å². The molecule has 0 nitrogen and oxygen atoms in total. The molecule has 0 aromatic heterocycles. The average molecular weight is 296 g/mol. The van der Waals surface area contributed by atoms with E-state index in [2.05, 4.69) is 60.7 Å². The van der Waals surface area contributed by atoms with Crippen LogP contribution >= 0.6 is 0 Å². The lowest BCUT2D eigenvalue weighted by Gasteiger charge is -2.12. The van der Waals surface area contributed by atoms with E-state index >= 15 is 0 Å². The zero-order valence-electron chi connectivity index (χ0n) is 12.4. The third-order valence-corrected chi connectivity index (χ3v) is 4.69. The molecular weight excluding hydrogens is 283 g/mol. The van der Waals surface area contributed by atoms with E-state index in [1.807, 2.05) is 6.07 Å². The van der Waals surface area contributed by atoms with Gasteiger partial charge in [0, 0.05) is 0 Å². The second-order valence-corrected chi connectivity index (χ2v) is 5.94. The number of halogens is 1. The Morgan fingerprint density at radius 1 is 0.478 bits per heavy atom. The number of rotatable bonds is 0. The van der Waals surface area contributed by atoms with Crippen LogP contribution in [0.2, 0.25) is 0 Å². The molecule has 5 aromatic carbocycles. The maximum Gasteiger partial charge on any atom is 0.123 e. The van der Waals surface area contributed by atoms with E-state index in [-0.39, 0.29) is 5.82 Å². The third kappa shape index (κ3) is 1.71. The summed E-state index contributed by atoms with van der Waals surface area (Å²) in [6, 6.07) is 26.1. The SMILES string of the molecule is Fc1ccc2ccc3c4ccccc4c4ccccc4c3c2c1. The Morgan fingerprint density at radius 2 is 1.00 bits per heavy atom. The summed E-state index contributed by atoms with van der Waals surface area (Å²) in [4.78, 5) is 0. The highest BCUT2D eigenvalue weighted by atomic mass is 19.1. The van der Waals surface area contributed by atoms with Crippen molar-refractivity contribution >= 4 is 43.1 Å². The van der Waals surface area contributed by atoms with Crippen molar-refractivity contribution in [3.05, 3.63) is 84.7 Å². The molecule has 0 radical (unpaired) electrons. The molecule has 0 aliphatic carbocycles. The topological polar surface area (TPSA) is 0 Å². The van der Waals surface area contributed by atoms with Gasteiger partial charge in [0.1, 0.15) is 5.82 Å². The van der Waals surface area contributed by atoms with Crippen LogP contribution in [-0.4, -0.2) is 0 Å². The Labute approximate surface area is 132 Å². The zero-order chi connectivity index (χ0) is 15.4. The predicted molar refractivity (Wildman–Crippen MR) is 96.4 cm³/mol. The van der Waals surface area contributed by atoms with Gasteiger partial charge in [-0.05, 0) is 55.2 Å². The molecule has 0 spiro atoms. The molecule has 5 aromatic rings. The van der Waals surface area contributed by atoms with Gasteiger partial charge in [-0.1, -0.05) is 66.7 Å². The summed E-state index contributed by atoms with van der Waals surface area (Å²) in [5, 5.41) is 9.21. The predicted octanol–water partition coefficient (Wildman–Crippen LogP) is 6.44. The van der Waals surface area contributed by atoms with Crippen molar-refractivity contribution < 1.29 is 4.39 Å². The molecule has 108 valence electrons. The Kier molecular flexibility index (Phi) is 2.48. The van der Waals surface area contributed by atoms with Gasteiger partial charge in [0.2, 0.25) is 0 Å². The first-order valence-corrected chi connectivity index (χ1v) is 7.74. The van der Waals surface area contributed by atoms with Crippen molar-refractivity contribution in [1.82, 2.24) is 0 Å². The van der Waals surface area contributed by atoms with Crippen molar-refractivity contribution in [3.8, 4) is 0 Å². The van der Waals surface area contributed by atoms with Gasteiger partial charge in [0.25, 0.3) is 0 Å². The molecular formula is C22H13F. The Morgan fingerprint density at radius 3 is 1.70 bits per heavy atom. The molecule has 5 rings (SSSR count). The van der Waals surface area contributed by atoms with Crippen molar-refractivity contribution in [2.24, 2.45) is 0 Å². The second-order valence-electron chi connectivity index (χ2n) is 5.94. The molecule has 0 N–H and O–H groups in total. The number of fused-ring (bicyclic) bond motifs is 8. The summed E-state index contributed by atoms with van der Waals surface area (Å²) in [6.07, 6.45) is 0. The fraction of sp³-hybridized carbons (Fsp3) is 0. The Bertz CT molecular complexity index is 1180. The van der Waals surface area contributed by atoms with Crippen molar-refractivity contribution in [2.75, 3.05) is 0 Å². The normalized spacial score (nSPS) is 11.7. The summed E-state index contributed by atoms with van der Waals surface area (Å²) >= 11 is 0. The van der Waals surface area contributed by atoms with Crippen LogP contribution in [0.15, 0.2) is 78.9 Å². The lowest BCUT2D eigenvalue weighted by molar-refractivity contribution is 0.630. The van der Waals surface area contributed by atoms with Gasteiger partial charge in [0.05, 0.1) is 0 Å². The largest absolute Gasteiger partial charge is 0.207 e. The van der Waals surface area contributed by atoms with Gasteiger partial charge in [-0.2, -0.15) is 0 Å². The monoisotopic (exact) mass is 296 g/mol. The van der Waals surface area contributed by atoms with E-state index in [4.69, 9.17) is 0 Å². The van der Waals surface area contributed by atoms with Gasteiger partial charge >= 0.3 is 0 Å². The minimum atomic E-state index is -0.192. The van der Waals surface area contributed by atoms with Crippen LogP contribution in [-0.2, 0) is 0 Å². The van der Waals surface area contributed by atoms with E-state index in [9.17, 15) is 4.39 Å². The summed E-state index contributed by atoms with van der Waals surface area (Å²) in [7, 11) is 0. The molecule has 0 saturated carbocycles. The molecule has 0 bridgehead atoms. The van der Waals surface area contributed by atoms with E-state index in [1.165, 1.54) is 33.0 Å². The maximum atomic E-state index is 13.9. The van der Waals surface area contributed by atoms with Gasteiger partial charge in [0.15, 0.2) is 0 Å². The summed E-state index contributed by atoms with van der Waals surface area (Å²) < 4.78 is 13.9. The quantitative estimate of drug-likeness (QED) is 0.288. The summed E-state index contributed by atoms with van der Waals surface area (Å²) in [5.41, 5.74) is 0. The lowest BCUT2D eigenvalue weighted by atomic mass is 9.91. The lowest BCUT2D eigenvalue weighted by Crippen LogP contribution is -1.85. The summed E-state index contributed by atoms with van der Waals surface area (Å²) in [6.45, 7) is 0. The summed E-state index contributed by atoms with van der Waals surface area (Å²) in [5.74, 6) is -0.192. The molecule has 23 heavy (non-hydrogen) atoms. The van der Waals surface area contributed by atoms with Crippen LogP contribution in [0.1, 0.15) is 0 Å². The molecule has 0 heterocycles. The molecule has 0 amide bonds. The van der Waals surface area contributed by atoms with Crippen LogP contribution in [0.4, 0.5) is 4.39 Å². The van der Waals surface area contributed by atoms with E-state index in [1.54, 1.807) is 6.07 Å². The van der Waals surface area contributed by atoms with Crippen LogP contribution < -0.4 is 0 Å². The van der Waals surface area contributed by atoms with Gasteiger partial charge < -0.3 is 0 Å². The van der Waals surface area contributed by atoms with E-state index in [0.717, 1.165) is 16.2 Å². The standard InChI is InChI=1S/C22H13F/c23-15-11-9-14-10-12-20-18-7-2-1-5-16(18)17-6-3-4-8-19(17)22(20)21(14)13-15/h1-13H. The van der Waals surface area contributed by atoms with Gasteiger partial charge in [-0.15, -0.1) is 0 Å². The third-order valence-electron chi connectivity index (χ3n) is 4.69.